The predicted molar refractivity (Wildman–Crippen MR) is 62.5 cm³/mol. The summed E-state index contributed by atoms with van der Waals surface area (Å²) in [7, 11) is 0. The highest BCUT2D eigenvalue weighted by atomic mass is 35.5. The van der Waals surface area contributed by atoms with Crippen LogP contribution in [0.25, 0.3) is 0 Å². The van der Waals surface area contributed by atoms with E-state index in [1.807, 2.05) is 11.8 Å². The minimum absolute atomic E-state index is 0.0796. The Balaban J connectivity index is 2.44. The molecule has 0 unspecified atom stereocenters. The summed E-state index contributed by atoms with van der Waals surface area (Å²) in [6.45, 7) is 3.07. The summed E-state index contributed by atoms with van der Waals surface area (Å²) < 4.78 is 13.2. The second-order valence-corrected chi connectivity index (χ2v) is 4.16. The van der Waals surface area contributed by atoms with Crippen LogP contribution < -0.4 is 10.2 Å². The Kier molecular flexibility index (Phi) is 3.01. The second-order valence-electron chi connectivity index (χ2n) is 3.75. The molecule has 0 aromatic heterocycles. The molecule has 0 saturated carbocycles. The summed E-state index contributed by atoms with van der Waals surface area (Å²) in [6.07, 6.45) is 0.918. The Labute approximate surface area is 98.2 Å². The molecule has 2 rings (SSSR count). The third-order valence-corrected chi connectivity index (χ3v) is 2.77. The fourth-order valence-corrected chi connectivity index (χ4v) is 1.97. The van der Waals surface area contributed by atoms with Crippen molar-refractivity contribution in [2.75, 3.05) is 23.3 Å². The van der Waals surface area contributed by atoms with Crippen LogP contribution in [0.1, 0.15) is 13.3 Å². The van der Waals surface area contributed by atoms with Gasteiger partial charge in [-0.25, -0.2) is 4.39 Å². The quantitative estimate of drug-likeness (QED) is 0.865. The van der Waals surface area contributed by atoms with Crippen LogP contribution in [0.15, 0.2) is 12.1 Å². The molecule has 1 heterocycles. The van der Waals surface area contributed by atoms with Gasteiger partial charge in [0.2, 0.25) is 5.91 Å². The van der Waals surface area contributed by atoms with Crippen LogP contribution >= 0.6 is 11.6 Å². The van der Waals surface area contributed by atoms with Crippen LogP contribution in [0.2, 0.25) is 5.02 Å². The van der Waals surface area contributed by atoms with E-state index < -0.39 is 5.82 Å². The number of rotatable bonds is 2. The number of benzene rings is 1. The van der Waals surface area contributed by atoms with E-state index in [2.05, 4.69) is 5.32 Å². The van der Waals surface area contributed by atoms with Gasteiger partial charge in [0, 0.05) is 12.6 Å². The first-order chi connectivity index (χ1) is 7.61. The number of fused-ring (bicyclic) bond motifs is 1. The number of carbonyl (C=O) groups is 1. The lowest BCUT2D eigenvalue weighted by molar-refractivity contribution is -0.115. The van der Waals surface area contributed by atoms with Gasteiger partial charge < -0.3 is 10.2 Å². The van der Waals surface area contributed by atoms with Gasteiger partial charge in [-0.05, 0) is 12.5 Å². The monoisotopic (exact) mass is 242 g/mol. The lowest BCUT2D eigenvalue weighted by Gasteiger charge is -2.30. The van der Waals surface area contributed by atoms with Crippen molar-refractivity contribution in [3.8, 4) is 0 Å². The zero-order valence-corrected chi connectivity index (χ0v) is 9.64. The van der Waals surface area contributed by atoms with Crippen molar-refractivity contribution in [1.29, 1.82) is 0 Å². The highest BCUT2D eigenvalue weighted by molar-refractivity contribution is 6.31. The Morgan fingerprint density at radius 1 is 1.56 bits per heavy atom. The van der Waals surface area contributed by atoms with E-state index in [0.29, 0.717) is 12.2 Å². The summed E-state index contributed by atoms with van der Waals surface area (Å²) in [5, 5.41) is 2.72. The molecule has 1 aromatic rings. The number of nitrogens with one attached hydrogen (secondary N) is 1. The normalized spacial score (nSPS) is 14.7. The van der Waals surface area contributed by atoms with E-state index >= 15 is 0 Å². The van der Waals surface area contributed by atoms with Crippen molar-refractivity contribution < 1.29 is 9.18 Å². The van der Waals surface area contributed by atoms with Crippen LogP contribution in [-0.4, -0.2) is 19.0 Å². The van der Waals surface area contributed by atoms with E-state index in [0.717, 1.165) is 18.7 Å². The molecule has 1 aliphatic heterocycles. The SMILES string of the molecule is CCCN1CC(=O)Nc2cc(F)c(Cl)cc21. The first-order valence-corrected chi connectivity index (χ1v) is 5.53. The molecule has 0 aliphatic carbocycles. The lowest BCUT2D eigenvalue weighted by atomic mass is 10.2. The van der Waals surface area contributed by atoms with E-state index in [9.17, 15) is 9.18 Å². The average Bonchev–Trinajstić information content (AvgIpc) is 2.21. The van der Waals surface area contributed by atoms with E-state index in [4.69, 9.17) is 11.6 Å². The van der Waals surface area contributed by atoms with Gasteiger partial charge in [-0.15, -0.1) is 0 Å². The van der Waals surface area contributed by atoms with Crippen molar-refractivity contribution in [3.05, 3.63) is 23.0 Å². The number of nitrogens with zero attached hydrogens (tertiary/aromatic N) is 1. The summed E-state index contributed by atoms with van der Waals surface area (Å²) in [5.74, 6) is -0.637. The molecule has 1 N–H and O–H groups in total. The van der Waals surface area contributed by atoms with E-state index in [1.165, 1.54) is 6.07 Å². The van der Waals surface area contributed by atoms with Crippen LogP contribution in [0.4, 0.5) is 15.8 Å². The zero-order valence-electron chi connectivity index (χ0n) is 8.89. The van der Waals surface area contributed by atoms with Gasteiger partial charge in [0.05, 0.1) is 22.9 Å². The molecule has 0 bridgehead atoms. The average molecular weight is 243 g/mol. The third-order valence-electron chi connectivity index (χ3n) is 2.48. The number of hydrogen-bond acceptors (Lipinski definition) is 2. The van der Waals surface area contributed by atoms with Crippen LogP contribution in [-0.2, 0) is 4.79 Å². The maximum absolute atomic E-state index is 13.2. The standard InChI is InChI=1S/C11H12ClFN2O/c1-2-3-15-6-11(16)14-9-5-8(13)7(12)4-10(9)15/h4-5H,2-3,6H2,1H3,(H,14,16). The molecule has 1 amide bonds. The Hall–Kier alpha value is -1.29. The molecule has 1 aromatic carbocycles. The third kappa shape index (κ3) is 1.97. The minimum Gasteiger partial charge on any atom is -0.360 e. The summed E-state index contributed by atoms with van der Waals surface area (Å²) in [4.78, 5) is 13.3. The molecule has 0 radical (unpaired) electrons. The number of halogens is 2. The first kappa shape index (κ1) is 11.2. The number of carbonyl (C=O) groups excluding carboxylic acids is 1. The summed E-state index contributed by atoms with van der Waals surface area (Å²) in [5.41, 5.74) is 1.28. The second kappa shape index (κ2) is 4.29. The Morgan fingerprint density at radius 3 is 3.00 bits per heavy atom. The molecule has 0 spiro atoms. The van der Waals surface area contributed by atoms with Crippen molar-refractivity contribution in [3.63, 3.8) is 0 Å². The fourth-order valence-electron chi connectivity index (χ4n) is 1.82. The minimum atomic E-state index is -0.515. The Bertz CT molecular complexity index is 436. The molecule has 5 heteroatoms. The van der Waals surface area contributed by atoms with Gasteiger partial charge in [0.25, 0.3) is 0 Å². The molecule has 3 nitrogen and oxygen atoms in total. The van der Waals surface area contributed by atoms with Gasteiger partial charge in [-0.2, -0.15) is 0 Å². The lowest BCUT2D eigenvalue weighted by Crippen LogP contribution is -2.38. The van der Waals surface area contributed by atoms with Crippen LogP contribution in [0.5, 0.6) is 0 Å². The molecule has 0 saturated heterocycles. The molecule has 0 fully saturated rings. The van der Waals surface area contributed by atoms with E-state index in [-0.39, 0.29) is 10.9 Å². The number of anilines is 2. The van der Waals surface area contributed by atoms with Crippen molar-refractivity contribution in [2.24, 2.45) is 0 Å². The molecular formula is C11H12ClFN2O. The maximum Gasteiger partial charge on any atom is 0.243 e. The highest BCUT2D eigenvalue weighted by Gasteiger charge is 2.22. The summed E-state index contributed by atoms with van der Waals surface area (Å²) in [6, 6.07) is 2.82. The Morgan fingerprint density at radius 2 is 2.31 bits per heavy atom. The van der Waals surface area contributed by atoms with E-state index in [1.54, 1.807) is 6.07 Å². The fraction of sp³-hybridized carbons (Fsp3) is 0.364. The summed E-state index contributed by atoms with van der Waals surface area (Å²) >= 11 is 5.73. The van der Waals surface area contributed by atoms with Crippen LogP contribution in [0.3, 0.4) is 0 Å². The first-order valence-electron chi connectivity index (χ1n) is 5.15. The molecule has 1 aliphatic rings. The zero-order chi connectivity index (χ0) is 11.7. The highest BCUT2D eigenvalue weighted by Crippen LogP contribution is 2.33. The van der Waals surface area contributed by atoms with Crippen molar-refractivity contribution in [2.45, 2.75) is 13.3 Å². The van der Waals surface area contributed by atoms with Gasteiger partial charge in [-0.3, -0.25) is 4.79 Å². The maximum atomic E-state index is 13.2. The number of amides is 1. The van der Waals surface area contributed by atoms with Gasteiger partial charge in [-0.1, -0.05) is 18.5 Å². The van der Waals surface area contributed by atoms with Gasteiger partial charge >= 0.3 is 0 Å². The number of hydrogen-bond donors (Lipinski definition) is 1. The molecular weight excluding hydrogens is 231 g/mol. The smallest absolute Gasteiger partial charge is 0.243 e. The van der Waals surface area contributed by atoms with Crippen molar-refractivity contribution in [1.82, 2.24) is 0 Å². The topological polar surface area (TPSA) is 32.3 Å². The predicted octanol–water partition coefficient (Wildman–Crippen LogP) is 2.65. The largest absolute Gasteiger partial charge is 0.360 e. The molecule has 16 heavy (non-hydrogen) atoms. The molecule has 86 valence electrons. The molecule has 0 atom stereocenters. The van der Waals surface area contributed by atoms with Gasteiger partial charge in [0.1, 0.15) is 5.82 Å². The van der Waals surface area contributed by atoms with Crippen LogP contribution in [0, 0.1) is 5.82 Å². The van der Waals surface area contributed by atoms with Crippen molar-refractivity contribution >= 4 is 28.9 Å². The van der Waals surface area contributed by atoms with Gasteiger partial charge in [0.15, 0.2) is 0 Å².